The highest BCUT2D eigenvalue weighted by molar-refractivity contribution is 9.10. The van der Waals surface area contributed by atoms with Crippen LogP contribution >= 0.6 is 27.3 Å². The fourth-order valence-electron chi connectivity index (χ4n) is 4.64. The van der Waals surface area contributed by atoms with Crippen LogP contribution in [0.1, 0.15) is 35.3 Å². The van der Waals surface area contributed by atoms with Crippen LogP contribution in [-0.4, -0.2) is 35.3 Å². The largest absolute Gasteiger partial charge is 0.493 e. The molecule has 3 aromatic rings. The fourth-order valence-corrected chi connectivity index (χ4v) is 6.17. The number of benzene rings is 1. The third-order valence-corrected chi connectivity index (χ3v) is 8.21. The average Bonchev–Trinajstić information content (AvgIpc) is 3.42. The zero-order valence-electron chi connectivity index (χ0n) is 17.3. The van der Waals surface area contributed by atoms with Crippen LogP contribution in [0.2, 0.25) is 0 Å². The number of piperidine rings is 1. The number of carbonyl (C=O) groups is 1. The van der Waals surface area contributed by atoms with Gasteiger partial charge in [0.15, 0.2) is 0 Å². The highest BCUT2D eigenvalue weighted by Crippen LogP contribution is 2.50. The number of hydrogen-bond acceptors (Lipinski definition) is 5. The van der Waals surface area contributed by atoms with Crippen LogP contribution in [0.15, 0.2) is 53.3 Å². The number of carbonyl (C=O) groups excluding carboxylic acids is 1. The molecule has 4 heterocycles. The summed E-state index contributed by atoms with van der Waals surface area (Å²) in [5.41, 5.74) is 2.68. The summed E-state index contributed by atoms with van der Waals surface area (Å²) in [4.78, 5) is 21.5. The molecule has 1 amide bonds. The number of pyridine rings is 1. The van der Waals surface area contributed by atoms with E-state index in [9.17, 15) is 4.79 Å². The lowest BCUT2D eigenvalue weighted by molar-refractivity contribution is -0.131. The summed E-state index contributed by atoms with van der Waals surface area (Å²) in [6, 6.07) is 12.4. The van der Waals surface area contributed by atoms with Gasteiger partial charge in [0.2, 0.25) is 5.91 Å². The predicted octanol–water partition coefficient (Wildman–Crippen LogP) is 5.39. The molecule has 7 heteroatoms. The first-order chi connectivity index (χ1) is 14.9. The van der Waals surface area contributed by atoms with E-state index in [0.29, 0.717) is 18.9 Å². The van der Waals surface area contributed by atoms with Gasteiger partial charge in [-0.3, -0.25) is 15.2 Å². The molecule has 1 saturated heterocycles. The maximum absolute atomic E-state index is 13.5. The van der Waals surface area contributed by atoms with E-state index in [2.05, 4.69) is 46.0 Å². The maximum atomic E-state index is 13.5. The Morgan fingerprint density at radius 2 is 2.10 bits per heavy atom. The molecule has 0 radical (unpaired) electrons. The van der Waals surface area contributed by atoms with Gasteiger partial charge in [-0.2, -0.15) is 0 Å². The summed E-state index contributed by atoms with van der Waals surface area (Å²) < 4.78 is 6.60. The Labute approximate surface area is 193 Å². The van der Waals surface area contributed by atoms with Crippen molar-refractivity contribution in [3.8, 4) is 16.2 Å². The molecule has 0 saturated carbocycles. The van der Waals surface area contributed by atoms with E-state index in [-0.39, 0.29) is 11.8 Å². The van der Waals surface area contributed by atoms with E-state index in [1.165, 1.54) is 4.90 Å². The van der Waals surface area contributed by atoms with Crippen LogP contribution in [0.3, 0.4) is 0 Å². The molecular formula is C24H22BrN3O2S. The predicted molar refractivity (Wildman–Crippen MR) is 126 cm³/mol. The van der Waals surface area contributed by atoms with Gasteiger partial charge >= 0.3 is 0 Å². The molecule has 2 aliphatic rings. The van der Waals surface area contributed by atoms with Gasteiger partial charge in [0.05, 0.1) is 12.5 Å². The Hall–Kier alpha value is -2.51. The van der Waals surface area contributed by atoms with Crippen molar-refractivity contribution in [3.63, 3.8) is 0 Å². The zero-order chi connectivity index (χ0) is 21.8. The Morgan fingerprint density at radius 1 is 1.26 bits per heavy atom. The van der Waals surface area contributed by atoms with E-state index in [1.54, 1.807) is 24.6 Å². The number of nitrogens with one attached hydrogen (secondary N) is 1. The second kappa shape index (κ2) is 7.57. The number of aromatic nitrogens is 1. The van der Waals surface area contributed by atoms with Crippen molar-refractivity contribution in [3.05, 3.63) is 69.3 Å². The molecule has 1 N–H and O–H groups in total. The zero-order valence-corrected chi connectivity index (χ0v) is 19.7. The number of fused-ring (bicyclic) bond motifs is 1. The van der Waals surface area contributed by atoms with Gasteiger partial charge in [-0.25, -0.2) is 0 Å². The summed E-state index contributed by atoms with van der Waals surface area (Å²) in [5, 5.41) is 8.48. The summed E-state index contributed by atoms with van der Waals surface area (Å²) in [7, 11) is 1.71. The minimum atomic E-state index is -0.503. The summed E-state index contributed by atoms with van der Waals surface area (Å²) in [5.74, 6) is 0.879. The molecule has 0 bridgehead atoms. The highest BCUT2D eigenvalue weighted by atomic mass is 79.9. The molecular weight excluding hydrogens is 474 g/mol. The smallest absolute Gasteiger partial charge is 0.236 e. The molecule has 1 aromatic carbocycles. The SMILES string of the molecule is CN1C(=N)C[C@](C)(c2ccc(-c3cncc(Br)c3)s2)C(c2ccc3c(c2)CCO3)C1=O. The lowest BCUT2D eigenvalue weighted by Crippen LogP contribution is -2.51. The number of amidine groups is 1. The van der Waals surface area contributed by atoms with Gasteiger partial charge in [0, 0.05) is 57.5 Å². The van der Waals surface area contributed by atoms with E-state index in [0.717, 1.165) is 43.1 Å². The number of amides is 1. The van der Waals surface area contributed by atoms with Crippen molar-refractivity contribution < 1.29 is 9.53 Å². The molecule has 2 atom stereocenters. The van der Waals surface area contributed by atoms with Crippen molar-refractivity contribution in [2.75, 3.05) is 13.7 Å². The quantitative estimate of drug-likeness (QED) is 0.529. The highest BCUT2D eigenvalue weighted by Gasteiger charge is 2.49. The number of nitrogens with zero attached hydrogens (tertiary/aromatic N) is 2. The minimum absolute atomic E-state index is 0.0308. The monoisotopic (exact) mass is 495 g/mol. The summed E-state index contributed by atoms with van der Waals surface area (Å²) >= 11 is 5.17. The van der Waals surface area contributed by atoms with E-state index < -0.39 is 5.41 Å². The maximum Gasteiger partial charge on any atom is 0.236 e. The Kier molecular flexibility index (Phi) is 4.98. The number of rotatable bonds is 3. The first-order valence-electron chi connectivity index (χ1n) is 10.2. The van der Waals surface area contributed by atoms with Crippen LogP contribution in [0.5, 0.6) is 5.75 Å². The number of hydrogen-bond donors (Lipinski definition) is 1. The minimum Gasteiger partial charge on any atom is -0.493 e. The number of thiophene rings is 1. The van der Waals surface area contributed by atoms with Gasteiger partial charge in [-0.15, -0.1) is 11.3 Å². The third kappa shape index (κ3) is 3.40. The molecule has 158 valence electrons. The van der Waals surface area contributed by atoms with Gasteiger partial charge in [-0.1, -0.05) is 19.1 Å². The third-order valence-electron chi connectivity index (χ3n) is 6.36. The van der Waals surface area contributed by atoms with Crippen LogP contribution in [0.25, 0.3) is 10.4 Å². The number of ether oxygens (including phenoxy) is 1. The molecule has 1 fully saturated rings. The first kappa shape index (κ1) is 20.4. The van der Waals surface area contributed by atoms with E-state index in [1.807, 2.05) is 24.4 Å². The van der Waals surface area contributed by atoms with Gasteiger partial charge in [0.1, 0.15) is 11.6 Å². The van der Waals surface area contributed by atoms with Gasteiger partial charge < -0.3 is 9.64 Å². The number of halogens is 1. The molecule has 0 spiro atoms. The van der Waals surface area contributed by atoms with Crippen molar-refractivity contribution in [2.24, 2.45) is 0 Å². The standard InChI is InChI=1S/C24H22BrN3O2S/c1-24(20-6-5-19(31-20)16-10-17(25)13-27-12-16)11-21(26)28(2)23(29)22(24)15-3-4-18-14(9-15)7-8-30-18/h3-6,9-10,12-13,22,26H,7-8,11H2,1-2H3/t22?,24-/m1/s1. The fraction of sp³-hybridized carbons (Fsp3) is 0.292. The van der Waals surface area contributed by atoms with E-state index >= 15 is 0 Å². The Balaban J connectivity index is 1.60. The summed E-state index contributed by atoms with van der Waals surface area (Å²) in [6.45, 7) is 2.81. The topological polar surface area (TPSA) is 66.3 Å². The van der Waals surface area contributed by atoms with Crippen molar-refractivity contribution in [1.29, 1.82) is 5.41 Å². The number of likely N-dealkylation sites (N-methyl/N-ethyl adjacent to an activating group) is 1. The molecule has 31 heavy (non-hydrogen) atoms. The van der Waals surface area contributed by atoms with Crippen LogP contribution in [0.4, 0.5) is 0 Å². The van der Waals surface area contributed by atoms with Crippen LogP contribution < -0.4 is 4.74 Å². The van der Waals surface area contributed by atoms with Crippen LogP contribution in [-0.2, 0) is 16.6 Å². The molecule has 1 unspecified atom stereocenters. The second-order valence-corrected chi connectivity index (χ2v) is 10.4. The van der Waals surface area contributed by atoms with Crippen LogP contribution in [0, 0.1) is 5.41 Å². The average molecular weight is 496 g/mol. The molecule has 5 rings (SSSR count). The Bertz CT molecular complexity index is 1210. The number of likely N-dealkylation sites (tertiary alicyclic amines) is 1. The molecule has 2 aliphatic heterocycles. The lowest BCUT2D eigenvalue weighted by atomic mass is 9.67. The van der Waals surface area contributed by atoms with Crippen molar-refractivity contribution in [2.45, 2.75) is 31.1 Å². The second-order valence-electron chi connectivity index (χ2n) is 8.39. The van der Waals surface area contributed by atoms with Gasteiger partial charge in [-0.05, 0) is 51.3 Å². The van der Waals surface area contributed by atoms with Crippen molar-refractivity contribution >= 4 is 39.0 Å². The molecule has 5 nitrogen and oxygen atoms in total. The van der Waals surface area contributed by atoms with Gasteiger partial charge in [0.25, 0.3) is 0 Å². The molecule has 2 aromatic heterocycles. The lowest BCUT2D eigenvalue weighted by Gasteiger charge is -2.44. The van der Waals surface area contributed by atoms with E-state index in [4.69, 9.17) is 10.1 Å². The molecule has 0 aliphatic carbocycles. The Morgan fingerprint density at radius 3 is 2.90 bits per heavy atom. The first-order valence-corrected chi connectivity index (χ1v) is 11.8. The normalized spacial score (nSPS) is 23.1. The van der Waals surface area contributed by atoms with Crippen molar-refractivity contribution in [1.82, 2.24) is 9.88 Å². The summed E-state index contributed by atoms with van der Waals surface area (Å²) in [6.07, 6.45) is 4.99.